The van der Waals surface area contributed by atoms with E-state index in [-0.39, 0.29) is 37.3 Å². The Kier molecular flexibility index (Phi) is 22.5. The number of hydrogen-bond donors (Lipinski definition) is 0. The molecule has 0 spiro atoms. The smallest absolute Gasteiger partial charge is 0.365 e. The minimum Gasteiger partial charge on any atom is -0.365 e. The van der Waals surface area contributed by atoms with Crippen molar-refractivity contribution < 1.29 is 21.1 Å². The van der Waals surface area contributed by atoms with Crippen molar-refractivity contribution in [2.24, 2.45) is 0 Å². The molecule has 20 aromatic carbocycles. The summed E-state index contributed by atoms with van der Waals surface area (Å²) in [5.74, 6) is 0. The molecule has 7 nitrogen and oxygen atoms in total. The Morgan fingerprint density at radius 3 is 1.12 bits per heavy atom. The monoisotopic (exact) mass is 1950 g/mol. The van der Waals surface area contributed by atoms with E-state index >= 15 is 0 Å². The Morgan fingerprint density at radius 1 is 0.272 bits per heavy atom. The van der Waals surface area contributed by atoms with Crippen molar-refractivity contribution in [2.45, 2.75) is 77.4 Å². The van der Waals surface area contributed by atoms with E-state index < -0.39 is 0 Å². The van der Waals surface area contributed by atoms with Gasteiger partial charge in [-0.1, -0.05) is 295 Å². The molecule has 0 unspecified atom stereocenters. The molecule has 23 aromatic rings. The summed E-state index contributed by atoms with van der Waals surface area (Å²) in [6, 6.07) is 173. The maximum absolute atomic E-state index is 9.51. The van der Waals surface area contributed by atoms with Crippen molar-refractivity contribution in [1.82, 2.24) is 13.7 Å². The summed E-state index contributed by atoms with van der Waals surface area (Å²) in [6.07, 6.45) is 0. The fourth-order valence-electron chi connectivity index (χ4n) is 20.6. The molecule has 650 valence electrons. The van der Waals surface area contributed by atoms with Crippen molar-refractivity contribution in [3.05, 3.63) is 506 Å². The largest absolute Gasteiger partial charge is 2.00 e. The number of anilines is 9. The van der Waals surface area contributed by atoms with Gasteiger partial charge in [0, 0.05) is 125 Å². The van der Waals surface area contributed by atoms with Crippen molar-refractivity contribution in [2.75, 3.05) is 14.7 Å². The van der Waals surface area contributed by atoms with Crippen LogP contribution < -0.4 is 14.7 Å². The van der Waals surface area contributed by atoms with Crippen LogP contribution in [0.2, 0.25) is 0 Å². The fraction of sp³-hybridized carbons (Fsp3) is 0.0714. The summed E-state index contributed by atoms with van der Waals surface area (Å²) in [4.78, 5) is 12.3. The number of para-hydroxylation sites is 6. The molecule has 2 aliphatic heterocycles. The Labute approximate surface area is 816 Å². The van der Waals surface area contributed by atoms with Gasteiger partial charge in [-0.05, 0) is 232 Å². The van der Waals surface area contributed by atoms with Crippen LogP contribution in [-0.4, -0.2) is 13.7 Å². The summed E-state index contributed by atoms with van der Waals surface area (Å²) in [5.41, 5.74) is 28.6. The van der Waals surface area contributed by atoms with E-state index in [9.17, 15) is 5.26 Å². The zero-order valence-electron chi connectivity index (χ0n) is 76.2. The second kappa shape index (κ2) is 35.5. The minimum absolute atomic E-state index is 0. The normalized spacial score (nSPS) is 12.8. The standard InChI is InChI=1S/C43H32N2S.C43H32N2.C40H29N3S.W/c1-43(2)36-19-9-11-22-41(36)46-42-28-32(23-25-37(42)43)44(38-21-12-14-29-13-6-7-17-33(29)38)31-24-26-40-35(27-31)34-18-8-10-20-39(34)45(40)30-15-4-3-5-16-30;1-43(2,33-15-5-3-6-16-33)34-22-25-36(26-23-34)44(37-24-21-31-13-9-10-14-32(31)29-37)38-27-28-42-40(30-38)39-19-11-12-20-41(39)45(42)35-17-7-4-8-18-35;1-40(2)34-13-7-9-15-38(34)44-39-25-31(20-22-35(39)40)42(29-18-16-27(26-41)17-19-29)30-21-23-37-33(24-30)32-12-6-8-14-36(32)43(37)28-10-4-3-5-11-28;/h3-28H,1-2H3;3-15,17-22,24-30H,1-2H3;3-25H,1-2H3;/q;-2;;+2. The van der Waals surface area contributed by atoms with Crippen molar-refractivity contribution in [3.63, 3.8) is 0 Å². The topological polar surface area (TPSA) is 48.3 Å². The number of rotatable bonds is 14. The second-order valence-electron chi connectivity index (χ2n) is 36.5. The molecular weight excluding hydrogens is 1860 g/mol. The number of hydrogen-bond acceptors (Lipinski definition) is 6. The number of fused-ring (bicyclic) bond motifs is 15. The molecular formula is C126H93N7S2W. The van der Waals surface area contributed by atoms with Gasteiger partial charge in [0.2, 0.25) is 0 Å². The Hall–Kier alpha value is -15.4. The number of nitrogens with zero attached hydrogens (tertiary/aromatic N) is 7. The van der Waals surface area contributed by atoms with Crippen LogP contribution in [0, 0.1) is 23.5 Å². The third kappa shape index (κ3) is 15.3. The van der Waals surface area contributed by atoms with Crippen LogP contribution in [-0.2, 0) is 37.3 Å². The van der Waals surface area contributed by atoms with Gasteiger partial charge >= 0.3 is 21.1 Å². The molecule has 25 rings (SSSR count). The summed E-state index contributed by atoms with van der Waals surface area (Å²) in [5, 5.41) is 21.8. The molecule has 0 radical (unpaired) electrons. The van der Waals surface area contributed by atoms with Gasteiger partial charge in [0.05, 0.1) is 50.4 Å². The Bertz CT molecular complexity index is 8540. The number of aromatic nitrogens is 3. The first-order valence-corrected chi connectivity index (χ1v) is 47.8. The summed E-state index contributed by atoms with van der Waals surface area (Å²) >= 11 is 3.73. The molecule has 0 atom stereocenters. The van der Waals surface area contributed by atoms with Crippen LogP contribution in [0.3, 0.4) is 0 Å². The Morgan fingerprint density at radius 2 is 0.632 bits per heavy atom. The molecule has 0 bridgehead atoms. The van der Waals surface area contributed by atoms with Crippen LogP contribution >= 0.6 is 23.5 Å². The zero-order chi connectivity index (χ0) is 91.0. The van der Waals surface area contributed by atoms with Gasteiger partial charge in [0.15, 0.2) is 0 Å². The maximum Gasteiger partial charge on any atom is 2.00 e. The number of nitriles is 1. The van der Waals surface area contributed by atoms with Crippen LogP contribution in [0.1, 0.15) is 80.5 Å². The summed E-state index contributed by atoms with van der Waals surface area (Å²) in [7, 11) is 0. The first-order valence-electron chi connectivity index (χ1n) is 46.1. The first kappa shape index (κ1) is 86.0. The van der Waals surface area contributed by atoms with Crippen molar-refractivity contribution in [1.29, 1.82) is 5.26 Å². The first-order chi connectivity index (χ1) is 66.2. The molecule has 2 aliphatic rings. The molecule has 136 heavy (non-hydrogen) atoms. The molecule has 0 saturated carbocycles. The molecule has 3 aromatic heterocycles. The van der Waals surface area contributed by atoms with E-state index in [0.717, 1.165) is 68.0 Å². The summed E-state index contributed by atoms with van der Waals surface area (Å²) < 4.78 is 7.08. The van der Waals surface area contributed by atoms with E-state index in [1.54, 1.807) is 0 Å². The second-order valence-corrected chi connectivity index (χ2v) is 38.7. The third-order valence-corrected chi connectivity index (χ3v) is 29.8. The van der Waals surface area contributed by atoms with Gasteiger partial charge in [-0.15, -0.1) is 6.07 Å². The van der Waals surface area contributed by atoms with E-state index in [4.69, 9.17) is 0 Å². The van der Waals surface area contributed by atoms with Gasteiger partial charge in [0.1, 0.15) is 0 Å². The van der Waals surface area contributed by atoms with Gasteiger partial charge in [-0.2, -0.15) is 64.9 Å². The maximum atomic E-state index is 9.51. The molecule has 5 heterocycles. The average Bonchev–Trinajstić information content (AvgIpc) is 1.66. The van der Waals surface area contributed by atoms with E-state index in [1.807, 2.05) is 59.9 Å². The molecule has 0 amide bonds. The van der Waals surface area contributed by atoms with Crippen molar-refractivity contribution >= 4 is 162 Å². The SMILES string of the molecule is CC(C)(c1[c-]cccc1)c1[c-]cc(N(c2ccc3ccccc3c2)c2ccc3c(c2)c2ccccc2n3-c2ccccc2)cc1.CC1(C)c2ccccc2Sc2cc(N(c3ccc(C#N)cc3)c3ccc4c(c3)c3ccccc3n4-c3ccccc3)ccc21.CC1(C)c2ccccc2Sc2cc(N(c3ccc4c(c3)c3ccccc3n4-c3ccccc3)c3cccc4ccccc34)ccc21.[W+2]. The van der Waals surface area contributed by atoms with Gasteiger partial charge < -0.3 is 28.4 Å². The van der Waals surface area contributed by atoms with E-state index in [0.29, 0.717) is 5.56 Å². The minimum atomic E-state index is -0.217. The predicted molar refractivity (Wildman–Crippen MR) is 568 cm³/mol. The zero-order valence-corrected chi connectivity index (χ0v) is 80.7. The van der Waals surface area contributed by atoms with Crippen LogP contribution in [0.4, 0.5) is 51.2 Å². The third-order valence-electron chi connectivity index (χ3n) is 27.5. The summed E-state index contributed by atoms with van der Waals surface area (Å²) in [6.45, 7) is 13.8. The van der Waals surface area contributed by atoms with Gasteiger partial charge in [0.25, 0.3) is 0 Å². The van der Waals surface area contributed by atoms with Gasteiger partial charge in [-0.3, -0.25) is 0 Å². The predicted octanol–water partition coefficient (Wildman–Crippen LogP) is 34.4. The molecule has 0 saturated heterocycles. The molecule has 10 heteroatoms. The Balaban J connectivity index is 0.000000118. The molecule has 0 fully saturated rings. The van der Waals surface area contributed by atoms with Crippen LogP contribution in [0.5, 0.6) is 0 Å². The molecule has 0 aliphatic carbocycles. The van der Waals surface area contributed by atoms with E-state index in [2.05, 4.69) is 507 Å². The van der Waals surface area contributed by atoms with Crippen LogP contribution in [0.15, 0.2) is 475 Å². The fourth-order valence-corrected chi connectivity index (χ4v) is 23.5. The number of benzene rings is 20. The molecule has 0 N–H and O–H groups in total. The van der Waals surface area contributed by atoms with Crippen molar-refractivity contribution in [3.8, 4) is 23.1 Å². The average molecular weight is 1950 g/mol. The van der Waals surface area contributed by atoms with Crippen LogP contribution in [0.25, 0.3) is 104 Å². The van der Waals surface area contributed by atoms with Gasteiger partial charge in [-0.25, -0.2) is 0 Å². The van der Waals surface area contributed by atoms with E-state index in [1.165, 1.54) is 140 Å². The quantitative estimate of drug-likeness (QED) is 0.101.